The summed E-state index contributed by atoms with van der Waals surface area (Å²) >= 11 is 0. The molecular formula is C8H14N4O2. The topological polar surface area (TPSA) is 76.5 Å². The van der Waals surface area contributed by atoms with Crippen LogP contribution in [0.4, 0.5) is 4.79 Å². The standard InChI is InChI=1S/C8H14N4O2/c1-11(2)3-4-12-7(13)5-6(9)10-8(12)14/h3-5H2,1-2H3,(H2,9,10,14). The van der Waals surface area contributed by atoms with Crippen molar-refractivity contribution in [2.24, 2.45) is 0 Å². The van der Waals surface area contributed by atoms with E-state index in [9.17, 15) is 9.59 Å². The average molecular weight is 198 g/mol. The van der Waals surface area contributed by atoms with Gasteiger partial charge in [-0.3, -0.25) is 20.4 Å². The minimum absolute atomic E-state index is 0.0147. The van der Waals surface area contributed by atoms with E-state index in [2.05, 4.69) is 5.32 Å². The predicted octanol–water partition coefficient (Wildman–Crippen LogP) is -0.533. The number of nitrogens with one attached hydrogen (secondary N) is 2. The van der Waals surface area contributed by atoms with E-state index in [1.54, 1.807) is 0 Å². The first kappa shape index (κ1) is 10.6. The van der Waals surface area contributed by atoms with Crippen LogP contribution in [-0.2, 0) is 4.79 Å². The van der Waals surface area contributed by atoms with Gasteiger partial charge in [0, 0.05) is 13.1 Å². The van der Waals surface area contributed by atoms with Gasteiger partial charge < -0.3 is 4.90 Å². The summed E-state index contributed by atoms with van der Waals surface area (Å²) in [6.45, 7) is 0.997. The minimum Gasteiger partial charge on any atom is -0.308 e. The number of nitrogens with zero attached hydrogens (tertiary/aromatic N) is 2. The molecule has 14 heavy (non-hydrogen) atoms. The number of carbonyl (C=O) groups is 2. The SMILES string of the molecule is CN(C)CCN1C(=O)CC(=N)NC1=O. The fourth-order valence-corrected chi connectivity index (χ4v) is 1.13. The molecule has 0 bridgehead atoms. The van der Waals surface area contributed by atoms with Gasteiger partial charge >= 0.3 is 6.03 Å². The van der Waals surface area contributed by atoms with Crippen molar-refractivity contribution in [1.29, 1.82) is 5.41 Å². The lowest BCUT2D eigenvalue weighted by Crippen LogP contribution is -2.53. The smallest absolute Gasteiger partial charge is 0.308 e. The Labute approximate surface area is 82.4 Å². The van der Waals surface area contributed by atoms with Crippen molar-refractivity contribution in [2.45, 2.75) is 6.42 Å². The highest BCUT2D eigenvalue weighted by Crippen LogP contribution is 2.02. The van der Waals surface area contributed by atoms with Gasteiger partial charge in [-0.25, -0.2) is 4.79 Å². The zero-order valence-corrected chi connectivity index (χ0v) is 8.33. The van der Waals surface area contributed by atoms with Crippen LogP contribution in [0.1, 0.15) is 6.42 Å². The first-order valence-electron chi connectivity index (χ1n) is 4.34. The summed E-state index contributed by atoms with van der Waals surface area (Å²) in [6, 6.07) is -0.492. The Morgan fingerprint density at radius 3 is 2.64 bits per heavy atom. The molecule has 0 unspecified atom stereocenters. The molecule has 0 atom stereocenters. The molecule has 1 aliphatic rings. The first-order valence-corrected chi connectivity index (χ1v) is 4.34. The summed E-state index contributed by atoms with van der Waals surface area (Å²) in [5.41, 5.74) is 0. The maximum absolute atomic E-state index is 11.3. The van der Waals surface area contributed by atoms with Gasteiger partial charge in [0.1, 0.15) is 5.84 Å². The number of carbonyl (C=O) groups excluding carboxylic acids is 2. The van der Waals surface area contributed by atoms with Crippen LogP contribution in [0.2, 0.25) is 0 Å². The normalized spacial score (nSPS) is 17.6. The number of imide groups is 1. The lowest BCUT2D eigenvalue weighted by atomic mass is 10.3. The van der Waals surface area contributed by atoms with Crippen LogP contribution in [0.25, 0.3) is 0 Å². The Morgan fingerprint density at radius 2 is 2.14 bits per heavy atom. The molecule has 0 spiro atoms. The summed E-state index contributed by atoms with van der Waals surface area (Å²) in [5.74, 6) is -0.332. The van der Waals surface area contributed by atoms with Crippen LogP contribution in [0, 0.1) is 5.41 Å². The van der Waals surface area contributed by atoms with Crippen molar-refractivity contribution in [3.8, 4) is 0 Å². The lowest BCUT2D eigenvalue weighted by molar-refractivity contribution is -0.127. The van der Waals surface area contributed by atoms with Crippen molar-refractivity contribution in [2.75, 3.05) is 27.2 Å². The molecule has 0 aromatic rings. The summed E-state index contributed by atoms with van der Waals surface area (Å²) in [6.07, 6.45) is -0.0147. The maximum atomic E-state index is 11.3. The predicted molar refractivity (Wildman–Crippen MR) is 51.1 cm³/mol. The van der Waals surface area contributed by atoms with Crippen LogP contribution >= 0.6 is 0 Å². The van der Waals surface area contributed by atoms with Gasteiger partial charge in [0.15, 0.2) is 0 Å². The number of urea groups is 1. The molecule has 1 heterocycles. The van der Waals surface area contributed by atoms with Gasteiger partial charge in [0.2, 0.25) is 5.91 Å². The number of hydrogen-bond donors (Lipinski definition) is 2. The van der Waals surface area contributed by atoms with E-state index < -0.39 is 6.03 Å². The Balaban J connectivity index is 2.54. The highest BCUT2D eigenvalue weighted by Gasteiger charge is 2.28. The van der Waals surface area contributed by atoms with Gasteiger partial charge in [-0.2, -0.15) is 0 Å². The van der Waals surface area contributed by atoms with E-state index >= 15 is 0 Å². The molecule has 0 aromatic heterocycles. The highest BCUT2D eigenvalue weighted by molar-refractivity contribution is 6.14. The molecule has 2 N–H and O–H groups in total. The van der Waals surface area contributed by atoms with E-state index in [1.165, 1.54) is 0 Å². The van der Waals surface area contributed by atoms with E-state index in [-0.39, 0.29) is 18.2 Å². The number of amides is 3. The Bertz CT molecular complexity index is 255. The number of hydrogen-bond acceptors (Lipinski definition) is 4. The Morgan fingerprint density at radius 1 is 1.50 bits per heavy atom. The van der Waals surface area contributed by atoms with Gasteiger partial charge in [0.25, 0.3) is 0 Å². The highest BCUT2D eigenvalue weighted by atomic mass is 16.2. The maximum Gasteiger partial charge on any atom is 0.329 e. The molecule has 1 fully saturated rings. The van der Waals surface area contributed by atoms with Crippen molar-refractivity contribution in [3.05, 3.63) is 0 Å². The van der Waals surface area contributed by atoms with E-state index in [4.69, 9.17) is 5.41 Å². The third-order valence-electron chi connectivity index (χ3n) is 1.90. The quantitative estimate of drug-likeness (QED) is 0.640. The monoisotopic (exact) mass is 198 g/mol. The number of likely N-dealkylation sites (N-methyl/N-ethyl adjacent to an activating group) is 1. The van der Waals surface area contributed by atoms with Gasteiger partial charge in [0.05, 0.1) is 6.42 Å². The molecule has 0 radical (unpaired) electrons. The molecule has 6 nitrogen and oxygen atoms in total. The van der Waals surface area contributed by atoms with Gasteiger partial charge in [-0.15, -0.1) is 0 Å². The molecule has 0 aliphatic carbocycles. The molecule has 0 saturated carbocycles. The molecule has 6 heteroatoms. The third-order valence-corrected chi connectivity index (χ3v) is 1.90. The molecule has 1 aliphatic heterocycles. The number of rotatable bonds is 3. The number of amidine groups is 1. The van der Waals surface area contributed by atoms with Gasteiger partial charge in [-0.1, -0.05) is 0 Å². The molecule has 78 valence electrons. The molecular weight excluding hydrogens is 184 g/mol. The van der Waals surface area contributed by atoms with Crippen molar-refractivity contribution >= 4 is 17.8 Å². The summed E-state index contributed by atoms with van der Waals surface area (Å²) in [5, 5.41) is 9.48. The van der Waals surface area contributed by atoms with Crippen molar-refractivity contribution < 1.29 is 9.59 Å². The zero-order chi connectivity index (χ0) is 10.7. The van der Waals surface area contributed by atoms with Crippen LogP contribution in [0.15, 0.2) is 0 Å². The van der Waals surface area contributed by atoms with Crippen LogP contribution < -0.4 is 5.32 Å². The molecule has 3 amide bonds. The lowest BCUT2D eigenvalue weighted by Gasteiger charge is -2.26. The second-order valence-electron chi connectivity index (χ2n) is 3.43. The largest absolute Gasteiger partial charge is 0.329 e. The van der Waals surface area contributed by atoms with Crippen molar-refractivity contribution in [3.63, 3.8) is 0 Å². The zero-order valence-electron chi connectivity index (χ0n) is 8.33. The molecule has 1 rings (SSSR count). The fourth-order valence-electron chi connectivity index (χ4n) is 1.13. The van der Waals surface area contributed by atoms with E-state index in [1.807, 2.05) is 19.0 Å². The summed E-state index contributed by atoms with van der Waals surface area (Å²) in [4.78, 5) is 25.6. The molecule has 1 saturated heterocycles. The summed E-state index contributed by atoms with van der Waals surface area (Å²) in [7, 11) is 3.74. The molecule has 0 aromatic carbocycles. The van der Waals surface area contributed by atoms with Gasteiger partial charge in [-0.05, 0) is 14.1 Å². The van der Waals surface area contributed by atoms with Crippen LogP contribution in [-0.4, -0.2) is 54.8 Å². The first-order chi connectivity index (χ1) is 6.50. The van der Waals surface area contributed by atoms with Crippen LogP contribution in [0.3, 0.4) is 0 Å². The summed E-state index contributed by atoms with van der Waals surface area (Å²) < 4.78 is 0. The van der Waals surface area contributed by atoms with Crippen LogP contribution in [0.5, 0.6) is 0 Å². The third kappa shape index (κ3) is 2.53. The Hall–Kier alpha value is -1.43. The van der Waals surface area contributed by atoms with Crippen molar-refractivity contribution in [1.82, 2.24) is 15.1 Å². The minimum atomic E-state index is -0.492. The second kappa shape index (κ2) is 4.19. The fraction of sp³-hybridized carbons (Fsp3) is 0.625. The second-order valence-corrected chi connectivity index (χ2v) is 3.43. The Kier molecular flexibility index (Phi) is 3.19. The van der Waals surface area contributed by atoms with E-state index in [0.717, 1.165) is 4.90 Å². The van der Waals surface area contributed by atoms with E-state index in [0.29, 0.717) is 13.1 Å². The average Bonchev–Trinajstić information content (AvgIpc) is 2.01.